The van der Waals surface area contributed by atoms with Gasteiger partial charge < -0.3 is 4.74 Å². The molecule has 2 aromatic rings. The van der Waals surface area contributed by atoms with Crippen LogP contribution >= 0.6 is 0 Å². The van der Waals surface area contributed by atoms with E-state index >= 15 is 0 Å². The quantitative estimate of drug-likeness (QED) is 0.157. The Hall–Kier alpha value is -1.90. The minimum atomic E-state index is 0.757. The van der Waals surface area contributed by atoms with Gasteiger partial charge in [0.2, 0.25) is 0 Å². The van der Waals surface area contributed by atoms with Gasteiger partial charge in [0.05, 0.1) is 19.0 Å². The molecular formula is C32H52N2O. The Morgan fingerprint density at radius 2 is 1.00 bits per heavy atom. The van der Waals surface area contributed by atoms with Crippen molar-refractivity contribution in [3.8, 4) is 17.1 Å². The molecule has 0 bridgehead atoms. The van der Waals surface area contributed by atoms with Crippen molar-refractivity contribution in [2.45, 2.75) is 136 Å². The minimum absolute atomic E-state index is 0.757. The number of unbranched alkanes of at least 4 members (excludes halogenated alkanes) is 16. The molecule has 0 spiro atoms. The Balaban J connectivity index is 1.50. The SMILES string of the molecule is CCCCCCCCCCCCCCCOc1cnc(-c2ccc(CCCCCCC)cc2)nc1. The first-order valence-corrected chi connectivity index (χ1v) is 14.9. The molecule has 0 amide bonds. The molecule has 0 N–H and O–H groups in total. The molecule has 0 radical (unpaired) electrons. The van der Waals surface area contributed by atoms with E-state index < -0.39 is 0 Å². The van der Waals surface area contributed by atoms with E-state index in [-0.39, 0.29) is 0 Å². The van der Waals surface area contributed by atoms with Gasteiger partial charge in [0, 0.05) is 5.56 Å². The Kier molecular flexibility index (Phi) is 17.0. The van der Waals surface area contributed by atoms with Crippen LogP contribution in [0.4, 0.5) is 0 Å². The van der Waals surface area contributed by atoms with Crippen LogP contribution in [0.3, 0.4) is 0 Å². The first-order valence-electron chi connectivity index (χ1n) is 14.9. The first-order chi connectivity index (χ1) is 17.3. The van der Waals surface area contributed by atoms with Gasteiger partial charge in [0.1, 0.15) is 0 Å². The molecular weight excluding hydrogens is 428 g/mol. The molecule has 3 nitrogen and oxygen atoms in total. The Labute approximate surface area is 216 Å². The summed E-state index contributed by atoms with van der Waals surface area (Å²) in [7, 11) is 0. The number of rotatable bonds is 22. The third kappa shape index (κ3) is 14.3. The highest BCUT2D eigenvalue weighted by Crippen LogP contribution is 2.19. The molecule has 1 heterocycles. The fraction of sp³-hybridized carbons (Fsp3) is 0.688. The lowest BCUT2D eigenvalue weighted by Crippen LogP contribution is -1.99. The molecule has 35 heavy (non-hydrogen) atoms. The lowest BCUT2D eigenvalue weighted by Gasteiger charge is -2.07. The Morgan fingerprint density at radius 1 is 0.543 bits per heavy atom. The molecule has 0 saturated carbocycles. The highest BCUT2D eigenvalue weighted by molar-refractivity contribution is 5.55. The van der Waals surface area contributed by atoms with Crippen molar-refractivity contribution >= 4 is 0 Å². The van der Waals surface area contributed by atoms with E-state index in [9.17, 15) is 0 Å². The normalized spacial score (nSPS) is 11.1. The van der Waals surface area contributed by atoms with Crippen LogP contribution in [-0.4, -0.2) is 16.6 Å². The second-order valence-electron chi connectivity index (χ2n) is 10.2. The summed E-state index contributed by atoms with van der Waals surface area (Å²) in [6.07, 6.45) is 29.2. The first kappa shape index (κ1) is 29.3. The van der Waals surface area contributed by atoms with Gasteiger partial charge in [-0.25, -0.2) is 9.97 Å². The van der Waals surface area contributed by atoms with Crippen LogP contribution in [0.25, 0.3) is 11.4 Å². The number of benzene rings is 1. The van der Waals surface area contributed by atoms with Crippen molar-refractivity contribution in [2.75, 3.05) is 6.61 Å². The summed E-state index contributed by atoms with van der Waals surface area (Å²) in [5.41, 5.74) is 2.48. The maximum Gasteiger partial charge on any atom is 0.159 e. The molecule has 2 rings (SSSR count). The summed E-state index contributed by atoms with van der Waals surface area (Å²) in [6.45, 7) is 5.31. The lowest BCUT2D eigenvalue weighted by molar-refractivity contribution is 0.302. The van der Waals surface area contributed by atoms with Gasteiger partial charge in [-0.2, -0.15) is 0 Å². The molecule has 0 atom stereocenters. The van der Waals surface area contributed by atoms with Crippen LogP contribution in [0.5, 0.6) is 5.75 Å². The van der Waals surface area contributed by atoms with Gasteiger partial charge in [-0.15, -0.1) is 0 Å². The maximum absolute atomic E-state index is 5.86. The highest BCUT2D eigenvalue weighted by Gasteiger charge is 2.03. The standard InChI is InChI=1S/C32H52N2O/c1-3-5-7-9-10-11-12-13-14-15-16-18-20-26-35-31-27-33-32(34-28-31)30-24-22-29(23-25-30)21-19-17-8-6-4-2/h22-25,27-28H,3-21,26H2,1-2H3. The van der Waals surface area contributed by atoms with Gasteiger partial charge in [-0.3, -0.25) is 0 Å². The molecule has 0 aliphatic heterocycles. The smallest absolute Gasteiger partial charge is 0.159 e. The summed E-state index contributed by atoms with van der Waals surface area (Å²) in [5.74, 6) is 1.55. The molecule has 0 aliphatic rings. The molecule has 3 heteroatoms. The molecule has 196 valence electrons. The highest BCUT2D eigenvalue weighted by atomic mass is 16.5. The number of nitrogens with zero attached hydrogens (tertiary/aromatic N) is 2. The monoisotopic (exact) mass is 480 g/mol. The van der Waals surface area contributed by atoms with Crippen LogP contribution in [0.2, 0.25) is 0 Å². The number of aryl methyl sites for hydroxylation is 1. The van der Waals surface area contributed by atoms with Crippen LogP contribution in [-0.2, 0) is 6.42 Å². The number of aromatic nitrogens is 2. The average Bonchev–Trinajstić information content (AvgIpc) is 2.89. The predicted molar refractivity (Wildman–Crippen MR) is 151 cm³/mol. The van der Waals surface area contributed by atoms with Crippen molar-refractivity contribution in [1.82, 2.24) is 9.97 Å². The maximum atomic E-state index is 5.86. The average molecular weight is 481 g/mol. The Morgan fingerprint density at radius 3 is 1.51 bits per heavy atom. The van der Waals surface area contributed by atoms with E-state index in [1.54, 1.807) is 0 Å². The third-order valence-corrected chi connectivity index (χ3v) is 6.93. The zero-order chi connectivity index (χ0) is 24.8. The number of ether oxygens (including phenoxy) is 1. The number of hydrogen-bond acceptors (Lipinski definition) is 3. The van der Waals surface area contributed by atoms with Gasteiger partial charge in [-0.05, 0) is 24.8 Å². The van der Waals surface area contributed by atoms with Crippen molar-refractivity contribution in [2.24, 2.45) is 0 Å². The molecule has 1 aromatic heterocycles. The predicted octanol–water partition coefficient (Wildman–Crippen LogP) is 10.1. The molecule has 0 fully saturated rings. The van der Waals surface area contributed by atoms with Gasteiger partial charge in [-0.1, -0.05) is 141 Å². The van der Waals surface area contributed by atoms with E-state index in [1.807, 2.05) is 12.4 Å². The fourth-order valence-electron chi connectivity index (χ4n) is 4.60. The van der Waals surface area contributed by atoms with Crippen molar-refractivity contribution in [3.63, 3.8) is 0 Å². The summed E-state index contributed by atoms with van der Waals surface area (Å²) < 4.78 is 5.86. The molecule has 1 aromatic carbocycles. The third-order valence-electron chi connectivity index (χ3n) is 6.93. The second kappa shape index (κ2) is 20.3. The molecule has 0 unspecified atom stereocenters. The zero-order valence-electron chi connectivity index (χ0n) is 22.9. The summed E-state index contributed by atoms with van der Waals surface area (Å²) in [6, 6.07) is 8.73. The minimum Gasteiger partial charge on any atom is -0.490 e. The summed E-state index contributed by atoms with van der Waals surface area (Å²) in [5, 5.41) is 0. The van der Waals surface area contributed by atoms with E-state index in [0.717, 1.165) is 36.6 Å². The molecule has 0 aliphatic carbocycles. The van der Waals surface area contributed by atoms with Crippen molar-refractivity contribution in [1.29, 1.82) is 0 Å². The zero-order valence-corrected chi connectivity index (χ0v) is 22.9. The van der Waals surface area contributed by atoms with Crippen molar-refractivity contribution < 1.29 is 4.74 Å². The van der Waals surface area contributed by atoms with E-state index in [1.165, 1.54) is 115 Å². The van der Waals surface area contributed by atoms with Gasteiger partial charge in [0.25, 0.3) is 0 Å². The van der Waals surface area contributed by atoms with Crippen LogP contribution in [0.15, 0.2) is 36.7 Å². The van der Waals surface area contributed by atoms with E-state index in [0.29, 0.717) is 0 Å². The number of hydrogen-bond donors (Lipinski definition) is 0. The molecule has 0 saturated heterocycles. The van der Waals surface area contributed by atoms with Crippen LogP contribution in [0.1, 0.15) is 135 Å². The van der Waals surface area contributed by atoms with E-state index in [4.69, 9.17) is 4.74 Å². The van der Waals surface area contributed by atoms with Gasteiger partial charge in [0.15, 0.2) is 11.6 Å². The summed E-state index contributed by atoms with van der Waals surface area (Å²) >= 11 is 0. The van der Waals surface area contributed by atoms with E-state index in [2.05, 4.69) is 48.1 Å². The Bertz CT molecular complexity index is 726. The largest absolute Gasteiger partial charge is 0.490 e. The van der Waals surface area contributed by atoms with Crippen molar-refractivity contribution in [3.05, 3.63) is 42.2 Å². The topological polar surface area (TPSA) is 35.0 Å². The summed E-state index contributed by atoms with van der Waals surface area (Å²) in [4.78, 5) is 9.05. The second-order valence-corrected chi connectivity index (χ2v) is 10.2. The lowest BCUT2D eigenvalue weighted by atomic mass is 10.0. The fourth-order valence-corrected chi connectivity index (χ4v) is 4.60. The van der Waals surface area contributed by atoms with Crippen LogP contribution < -0.4 is 4.74 Å². The van der Waals surface area contributed by atoms with Crippen LogP contribution in [0, 0.1) is 0 Å². The van der Waals surface area contributed by atoms with Gasteiger partial charge >= 0.3 is 0 Å².